The van der Waals surface area contributed by atoms with E-state index in [1.807, 2.05) is 67.6 Å². The molecule has 5 nitrogen and oxygen atoms in total. The number of aromatic carboxylic acids is 1. The largest absolute Gasteiger partial charge is 0.478 e. The number of benzene rings is 2. The number of hydrogen-bond acceptors (Lipinski definition) is 3. The molecule has 0 unspecified atom stereocenters. The van der Waals surface area contributed by atoms with Gasteiger partial charge < -0.3 is 5.11 Å². The number of rotatable bonds is 4. The molecule has 4 aromatic rings. The van der Waals surface area contributed by atoms with Gasteiger partial charge in [-0.05, 0) is 24.6 Å². The summed E-state index contributed by atoms with van der Waals surface area (Å²) >= 11 is 0. The van der Waals surface area contributed by atoms with Gasteiger partial charge in [0, 0.05) is 5.56 Å². The molecule has 0 aliphatic heterocycles. The molecule has 27 heavy (non-hydrogen) atoms. The van der Waals surface area contributed by atoms with Crippen molar-refractivity contribution in [3.8, 4) is 11.3 Å². The highest BCUT2D eigenvalue weighted by atomic mass is 16.4. The van der Waals surface area contributed by atoms with Crippen LogP contribution in [0.5, 0.6) is 0 Å². The first-order chi connectivity index (χ1) is 13.1. The number of pyridine rings is 1. The number of H-pyrrole nitrogens is 1. The van der Waals surface area contributed by atoms with Crippen LogP contribution in [0, 0.1) is 6.92 Å². The fraction of sp³-hybridized carbons (Fsp3) is 0.0455. The quantitative estimate of drug-likeness (QED) is 0.551. The molecular weight excluding hydrogens is 338 g/mol. The molecule has 5 heteroatoms. The third kappa shape index (κ3) is 3.35. The molecule has 0 fully saturated rings. The minimum absolute atomic E-state index is 0.178. The van der Waals surface area contributed by atoms with Crippen LogP contribution in [0.1, 0.15) is 27.2 Å². The number of aromatic nitrogens is 3. The monoisotopic (exact) mass is 355 g/mol. The van der Waals surface area contributed by atoms with Crippen molar-refractivity contribution < 1.29 is 9.90 Å². The molecule has 0 aliphatic carbocycles. The van der Waals surface area contributed by atoms with Crippen LogP contribution in [0.15, 0.2) is 60.7 Å². The predicted octanol–water partition coefficient (Wildman–Crippen LogP) is 4.80. The average Bonchev–Trinajstić information content (AvgIpc) is 3.11. The first-order valence-electron chi connectivity index (χ1n) is 8.54. The van der Waals surface area contributed by atoms with Crippen LogP contribution in [0.2, 0.25) is 0 Å². The number of carbonyl (C=O) groups is 1. The van der Waals surface area contributed by atoms with Crippen molar-refractivity contribution in [3.63, 3.8) is 0 Å². The molecule has 2 aromatic carbocycles. The standard InChI is InChI=1S/C22H17N3O2/c1-14-7-10-16(11-8-14)20-19-18(22(26)27)13-17(23-21(19)25-24-20)12-9-15-5-3-2-4-6-15/h2-13H,1H3,(H,26,27)(H,23,24,25)/b12-9+. The molecule has 0 atom stereocenters. The van der Waals surface area contributed by atoms with Gasteiger partial charge in [-0.3, -0.25) is 5.10 Å². The number of hydrogen-bond donors (Lipinski definition) is 2. The van der Waals surface area contributed by atoms with Gasteiger partial charge >= 0.3 is 5.97 Å². The number of nitrogens with one attached hydrogen (secondary N) is 1. The van der Waals surface area contributed by atoms with E-state index in [2.05, 4.69) is 15.2 Å². The van der Waals surface area contributed by atoms with E-state index < -0.39 is 5.97 Å². The van der Waals surface area contributed by atoms with Crippen LogP contribution in [-0.2, 0) is 0 Å². The van der Waals surface area contributed by atoms with Gasteiger partial charge in [-0.1, -0.05) is 66.2 Å². The number of carboxylic acids is 1. The van der Waals surface area contributed by atoms with E-state index in [-0.39, 0.29) is 5.56 Å². The van der Waals surface area contributed by atoms with E-state index in [1.165, 1.54) is 0 Å². The van der Waals surface area contributed by atoms with E-state index in [9.17, 15) is 9.90 Å². The van der Waals surface area contributed by atoms with Gasteiger partial charge in [0.15, 0.2) is 5.65 Å². The summed E-state index contributed by atoms with van der Waals surface area (Å²) in [6, 6.07) is 19.2. The lowest BCUT2D eigenvalue weighted by Gasteiger charge is -2.04. The summed E-state index contributed by atoms with van der Waals surface area (Å²) in [4.78, 5) is 16.4. The van der Waals surface area contributed by atoms with E-state index >= 15 is 0 Å². The summed E-state index contributed by atoms with van der Waals surface area (Å²) in [5.74, 6) is -1.01. The molecule has 0 radical (unpaired) electrons. The third-order valence-electron chi connectivity index (χ3n) is 4.36. The van der Waals surface area contributed by atoms with Crippen molar-refractivity contribution in [3.05, 3.63) is 83.0 Å². The molecule has 2 heterocycles. The van der Waals surface area contributed by atoms with Gasteiger partial charge in [0.2, 0.25) is 0 Å². The maximum atomic E-state index is 11.9. The van der Waals surface area contributed by atoms with E-state index in [0.717, 1.165) is 16.7 Å². The van der Waals surface area contributed by atoms with Crippen LogP contribution in [-0.4, -0.2) is 26.3 Å². The number of aryl methyl sites for hydroxylation is 1. The van der Waals surface area contributed by atoms with Crippen LogP contribution < -0.4 is 0 Å². The van der Waals surface area contributed by atoms with Crippen LogP contribution in [0.4, 0.5) is 0 Å². The van der Waals surface area contributed by atoms with Crippen molar-refractivity contribution in [2.24, 2.45) is 0 Å². The summed E-state index contributed by atoms with van der Waals surface area (Å²) in [6.45, 7) is 2.00. The lowest BCUT2D eigenvalue weighted by atomic mass is 10.0. The zero-order valence-electron chi connectivity index (χ0n) is 14.7. The van der Waals surface area contributed by atoms with Crippen molar-refractivity contribution in [1.29, 1.82) is 0 Å². The molecule has 2 aromatic heterocycles. The Kier molecular flexibility index (Phi) is 4.26. The lowest BCUT2D eigenvalue weighted by Crippen LogP contribution is -2.00. The van der Waals surface area contributed by atoms with E-state index in [1.54, 1.807) is 12.1 Å². The molecule has 0 aliphatic rings. The highest BCUT2D eigenvalue weighted by molar-refractivity contribution is 6.07. The van der Waals surface area contributed by atoms with Gasteiger partial charge in [-0.25, -0.2) is 9.78 Å². The maximum Gasteiger partial charge on any atom is 0.336 e. The summed E-state index contributed by atoms with van der Waals surface area (Å²) in [6.07, 6.45) is 3.69. The number of carboxylic acid groups (broad SMARTS) is 1. The molecule has 0 saturated carbocycles. The zero-order chi connectivity index (χ0) is 18.8. The van der Waals surface area contributed by atoms with Gasteiger partial charge in [0.05, 0.1) is 22.3 Å². The second-order valence-electron chi connectivity index (χ2n) is 6.31. The summed E-state index contributed by atoms with van der Waals surface area (Å²) in [7, 11) is 0. The Morgan fingerprint density at radius 1 is 1.04 bits per heavy atom. The molecule has 2 N–H and O–H groups in total. The Bertz CT molecular complexity index is 1140. The van der Waals surface area contributed by atoms with Gasteiger partial charge in [0.25, 0.3) is 0 Å². The van der Waals surface area contributed by atoms with Crippen molar-refractivity contribution >= 4 is 29.2 Å². The van der Waals surface area contributed by atoms with Gasteiger partial charge in [-0.2, -0.15) is 5.10 Å². The van der Waals surface area contributed by atoms with E-state index in [4.69, 9.17) is 0 Å². The van der Waals surface area contributed by atoms with Crippen LogP contribution in [0.3, 0.4) is 0 Å². The first kappa shape index (κ1) is 16.7. The molecule has 132 valence electrons. The van der Waals surface area contributed by atoms with E-state index in [0.29, 0.717) is 22.4 Å². The number of aromatic amines is 1. The molecule has 0 spiro atoms. The normalized spacial score (nSPS) is 11.3. The fourth-order valence-electron chi connectivity index (χ4n) is 2.97. The Hall–Kier alpha value is -3.73. The number of nitrogens with zero attached hydrogens (tertiary/aromatic N) is 2. The third-order valence-corrected chi connectivity index (χ3v) is 4.36. The topological polar surface area (TPSA) is 78.9 Å². The Balaban J connectivity index is 1.83. The molecule has 0 bridgehead atoms. The number of fused-ring (bicyclic) bond motifs is 1. The predicted molar refractivity (Wildman–Crippen MR) is 106 cm³/mol. The Morgan fingerprint density at radius 3 is 2.48 bits per heavy atom. The minimum Gasteiger partial charge on any atom is -0.478 e. The van der Waals surface area contributed by atoms with Crippen LogP contribution in [0.25, 0.3) is 34.4 Å². The SMILES string of the molecule is Cc1ccc(-c2[nH]nc3nc(/C=C/c4ccccc4)cc(C(=O)O)c23)cc1. The summed E-state index contributed by atoms with van der Waals surface area (Å²) < 4.78 is 0. The van der Waals surface area contributed by atoms with Crippen LogP contribution >= 0.6 is 0 Å². The second kappa shape index (κ2) is 6.88. The average molecular weight is 355 g/mol. The van der Waals surface area contributed by atoms with Crippen molar-refractivity contribution in [2.45, 2.75) is 6.92 Å². The maximum absolute atomic E-state index is 11.9. The molecular formula is C22H17N3O2. The highest BCUT2D eigenvalue weighted by Crippen LogP contribution is 2.29. The second-order valence-corrected chi connectivity index (χ2v) is 6.31. The fourth-order valence-corrected chi connectivity index (χ4v) is 2.97. The molecule has 0 saturated heterocycles. The minimum atomic E-state index is -1.01. The summed E-state index contributed by atoms with van der Waals surface area (Å²) in [5.41, 5.74) is 4.79. The Labute approximate surface area is 156 Å². The zero-order valence-corrected chi connectivity index (χ0v) is 14.7. The lowest BCUT2D eigenvalue weighted by molar-refractivity contribution is 0.0699. The molecule has 4 rings (SSSR count). The first-order valence-corrected chi connectivity index (χ1v) is 8.54. The van der Waals surface area contributed by atoms with Crippen molar-refractivity contribution in [1.82, 2.24) is 15.2 Å². The van der Waals surface area contributed by atoms with Gasteiger partial charge in [0.1, 0.15) is 0 Å². The Morgan fingerprint density at radius 2 is 1.78 bits per heavy atom. The molecule has 0 amide bonds. The van der Waals surface area contributed by atoms with Crippen molar-refractivity contribution in [2.75, 3.05) is 0 Å². The highest BCUT2D eigenvalue weighted by Gasteiger charge is 2.18. The summed E-state index contributed by atoms with van der Waals surface area (Å²) in [5, 5.41) is 17.4. The smallest absolute Gasteiger partial charge is 0.336 e. The van der Waals surface area contributed by atoms with Gasteiger partial charge in [-0.15, -0.1) is 0 Å².